The van der Waals surface area contributed by atoms with Gasteiger partial charge in [0.2, 0.25) is 5.95 Å². The van der Waals surface area contributed by atoms with Gasteiger partial charge in [0.25, 0.3) is 0 Å². The zero-order chi connectivity index (χ0) is 19.4. The molecule has 1 N–H and O–H groups in total. The van der Waals surface area contributed by atoms with Crippen molar-refractivity contribution >= 4 is 28.0 Å². The van der Waals surface area contributed by atoms with Crippen LogP contribution in [0.5, 0.6) is 0 Å². The molecule has 7 nitrogen and oxygen atoms in total. The molecule has 0 atom stereocenters. The second kappa shape index (κ2) is 8.62. The Labute approximate surface area is 154 Å². The maximum Gasteiger partial charge on any atom is 0.407 e. The van der Waals surface area contributed by atoms with Crippen molar-refractivity contribution in [2.75, 3.05) is 44.1 Å². The molecule has 24 heavy (non-hydrogen) atoms. The van der Waals surface area contributed by atoms with Crippen molar-refractivity contribution in [3.63, 3.8) is 0 Å². The predicted octanol–water partition coefficient (Wildman–Crippen LogP) is 2.28. The highest BCUT2D eigenvalue weighted by Gasteiger charge is 2.19. The van der Waals surface area contributed by atoms with E-state index in [1.54, 1.807) is 38.1 Å². The quantitative estimate of drug-likeness (QED) is 0.815. The van der Waals surface area contributed by atoms with Crippen LogP contribution in [-0.4, -0.2) is 65.8 Å². The van der Waals surface area contributed by atoms with E-state index in [0.29, 0.717) is 32.1 Å². The third-order valence-electron chi connectivity index (χ3n) is 3.30. The number of aromatic nitrogens is 2. The average molecular weight is 402 g/mol. The first-order valence-electron chi connectivity index (χ1n) is 9.01. The molecule has 1 aromatic heterocycles. The number of hydrogen-bond acceptors (Lipinski definition) is 6. The summed E-state index contributed by atoms with van der Waals surface area (Å²) in [5.74, 6) is 0.653. The predicted molar refractivity (Wildman–Crippen MR) is 97.2 cm³/mol. The Kier molecular flexibility index (Phi) is 5.77. The van der Waals surface area contributed by atoms with Gasteiger partial charge in [-0.15, -0.1) is 0 Å². The van der Waals surface area contributed by atoms with Crippen molar-refractivity contribution in [1.82, 2.24) is 20.2 Å². The molecule has 1 aromatic rings. The second-order valence-corrected chi connectivity index (χ2v) is 7.43. The summed E-state index contributed by atoms with van der Waals surface area (Å²) in [7, 11) is 0. The summed E-state index contributed by atoms with van der Waals surface area (Å²) in [4.78, 5) is 24.0. The second-order valence-electron chi connectivity index (χ2n) is 6.51. The zero-order valence-corrected chi connectivity index (χ0v) is 16.0. The smallest absolute Gasteiger partial charge is 0.407 e. The van der Waals surface area contributed by atoms with Crippen LogP contribution in [0.2, 0.25) is 0 Å². The zero-order valence-electron chi connectivity index (χ0n) is 16.4. The number of alkyl carbamates (subject to hydrolysis) is 1. The Hall–Kier alpha value is -1.41. The molecule has 0 bridgehead atoms. The molecule has 2 rings (SSSR count). The van der Waals surface area contributed by atoms with E-state index in [-0.39, 0.29) is 13.0 Å². The van der Waals surface area contributed by atoms with Crippen LogP contribution in [-0.2, 0) is 4.74 Å². The number of halogens is 1. The van der Waals surface area contributed by atoms with Crippen LogP contribution in [0.4, 0.5) is 10.7 Å². The van der Waals surface area contributed by atoms with Crippen molar-refractivity contribution < 1.29 is 12.3 Å². The van der Waals surface area contributed by atoms with Gasteiger partial charge in [-0.3, -0.25) is 4.90 Å². The summed E-state index contributed by atoms with van der Waals surface area (Å²) in [5.41, 5.74) is -0.561. The molecule has 0 spiro atoms. The molecule has 134 valence electrons. The molecule has 8 heteroatoms. The van der Waals surface area contributed by atoms with Crippen LogP contribution in [0.3, 0.4) is 0 Å². The van der Waals surface area contributed by atoms with Gasteiger partial charge in [-0.25, -0.2) is 14.8 Å². The minimum Gasteiger partial charge on any atom is -0.444 e. The van der Waals surface area contributed by atoms with Crippen molar-refractivity contribution in [3.8, 4) is 0 Å². The third kappa shape index (κ3) is 6.60. The molecule has 0 unspecified atom stereocenters. The van der Waals surface area contributed by atoms with Gasteiger partial charge in [-0.05, 0) is 49.6 Å². The first-order valence-corrected chi connectivity index (χ1v) is 8.80. The lowest BCUT2D eigenvalue weighted by Crippen LogP contribution is -2.47. The molecular formula is C16H26BrN5O2. The highest BCUT2D eigenvalue weighted by molar-refractivity contribution is 9.10. The van der Waals surface area contributed by atoms with Crippen molar-refractivity contribution in [2.45, 2.75) is 32.8 Å². The van der Waals surface area contributed by atoms with Crippen LogP contribution in [0.1, 0.15) is 29.9 Å². The molecule has 1 saturated heterocycles. The number of ether oxygens (including phenoxy) is 1. The van der Waals surface area contributed by atoms with Gasteiger partial charge in [0, 0.05) is 47.9 Å². The average Bonchev–Trinajstić information content (AvgIpc) is 2.54. The lowest BCUT2D eigenvalue weighted by Gasteiger charge is -2.34. The van der Waals surface area contributed by atoms with Gasteiger partial charge in [-0.1, -0.05) is 0 Å². The number of anilines is 1. The van der Waals surface area contributed by atoms with Crippen LogP contribution in [0.15, 0.2) is 16.9 Å². The monoisotopic (exact) mass is 401 g/mol. The van der Waals surface area contributed by atoms with Crippen molar-refractivity contribution in [2.24, 2.45) is 0 Å². The molecule has 1 fully saturated rings. The topological polar surface area (TPSA) is 70.6 Å². The number of nitrogens with one attached hydrogen (secondary N) is 1. The highest BCUT2D eigenvalue weighted by atomic mass is 79.9. The van der Waals surface area contributed by atoms with Gasteiger partial charge in [0.1, 0.15) is 5.60 Å². The number of amides is 1. The lowest BCUT2D eigenvalue weighted by molar-refractivity contribution is 0.0525. The molecule has 0 aliphatic carbocycles. The van der Waals surface area contributed by atoms with E-state index in [4.69, 9.17) is 7.48 Å². The first-order chi connectivity index (χ1) is 12.1. The molecular weight excluding hydrogens is 374 g/mol. The fourth-order valence-electron chi connectivity index (χ4n) is 2.23. The van der Waals surface area contributed by atoms with E-state index in [1.807, 2.05) is 4.90 Å². The minimum atomic E-state index is -1.50. The van der Waals surface area contributed by atoms with Gasteiger partial charge in [0.15, 0.2) is 0 Å². The Morgan fingerprint density at radius 1 is 1.33 bits per heavy atom. The number of nitrogens with zero attached hydrogens (tertiary/aromatic N) is 4. The molecule has 2 heterocycles. The number of piperazine rings is 1. The number of carbonyl (C=O) groups excluding carboxylic acids is 1. The Morgan fingerprint density at radius 3 is 2.54 bits per heavy atom. The fraction of sp³-hybridized carbons (Fsp3) is 0.688. The standard InChI is InChI=1S/C16H26BrN5O2/c1-16(2,3)24-15(23)18-5-4-6-21-7-9-22(10-8-21)14-19-11-13(17)12-20-14/h11-12H,4-10H2,1-3H3,(H,18,23)/i6D2. The van der Waals surface area contributed by atoms with Gasteiger partial charge < -0.3 is 15.0 Å². The number of carbonyl (C=O) groups is 1. The van der Waals surface area contributed by atoms with Crippen molar-refractivity contribution in [1.29, 1.82) is 0 Å². The molecule has 1 aliphatic heterocycles. The normalized spacial score (nSPS) is 17.9. The first kappa shape index (κ1) is 16.1. The van der Waals surface area contributed by atoms with E-state index in [9.17, 15) is 4.79 Å². The Bertz CT molecular complexity index is 602. The van der Waals surface area contributed by atoms with E-state index >= 15 is 0 Å². The third-order valence-corrected chi connectivity index (χ3v) is 3.71. The minimum absolute atomic E-state index is 0.195. The van der Waals surface area contributed by atoms with Gasteiger partial charge in [-0.2, -0.15) is 0 Å². The molecule has 1 amide bonds. The Morgan fingerprint density at radius 2 is 1.96 bits per heavy atom. The largest absolute Gasteiger partial charge is 0.444 e. The van der Waals surface area contributed by atoms with E-state index in [2.05, 4.69) is 31.2 Å². The lowest BCUT2D eigenvalue weighted by atomic mass is 10.2. The summed E-state index contributed by atoms with van der Waals surface area (Å²) in [6.07, 6.45) is 3.08. The number of rotatable bonds is 5. The Balaban J connectivity index is 1.78. The molecule has 1 aliphatic rings. The summed E-state index contributed by atoms with van der Waals surface area (Å²) in [6.45, 7) is 6.54. The van der Waals surface area contributed by atoms with E-state index < -0.39 is 18.2 Å². The fourth-order valence-corrected chi connectivity index (χ4v) is 2.43. The summed E-state index contributed by atoms with van der Waals surface area (Å²) < 4.78 is 22.6. The van der Waals surface area contributed by atoms with Gasteiger partial charge >= 0.3 is 6.09 Å². The van der Waals surface area contributed by atoms with E-state index in [1.165, 1.54) is 0 Å². The molecule has 0 radical (unpaired) electrons. The number of hydrogen-bond donors (Lipinski definition) is 1. The maximum atomic E-state index is 11.7. The van der Waals surface area contributed by atoms with Gasteiger partial charge in [0.05, 0.1) is 4.47 Å². The van der Waals surface area contributed by atoms with Crippen LogP contribution < -0.4 is 10.2 Å². The van der Waals surface area contributed by atoms with Crippen LogP contribution >= 0.6 is 15.9 Å². The molecule has 0 saturated carbocycles. The summed E-state index contributed by atoms with van der Waals surface area (Å²) in [6, 6.07) is 0. The summed E-state index contributed by atoms with van der Waals surface area (Å²) in [5, 5.41) is 2.61. The SMILES string of the molecule is [2H]C([2H])(CCNC(=O)OC(C)(C)C)N1CCN(c2ncc(Br)cn2)CC1. The molecule has 0 aromatic carbocycles. The maximum absolute atomic E-state index is 11.7. The van der Waals surface area contributed by atoms with Crippen LogP contribution in [0.25, 0.3) is 0 Å². The highest BCUT2D eigenvalue weighted by Crippen LogP contribution is 2.13. The van der Waals surface area contributed by atoms with Crippen molar-refractivity contribution in [3.05, 3.63) is 16.9 Å². The van der Waals surface area contributed by atoms with E-state index in [0.717, 1.165) is 4.47 Å². The van der Waals surface area contributed by atoms with Crippen LogP contribution in [0, 0.1) is 0 Å². The summed E-state index contributed by atoms with van der Waals surface area (Å²) >= 11 is 3.32.